The summed E-state index contributed by atoms with van der Waals surface area (Å²) < 4.78 is 14.8. The quantitative estimate of drug-likeness (QED) is 0.819. The fourth-order valence-corrected chi connectivity index (χ4v) is 3.29. The number of nitriles is 1. The molecule has 1 aliphatic rings. The molecule has 5 heteroatoms. The van der Waals surface area contributed by atoms with Crippen LogP contribution in [0.3, 0.4) is 0 Å². The van der Waals surface area contributed by atoms with Gasteiger partial charge in [0, 0.05) is 5.92 Å². The monoisotopic (exact) mass is 303 g/mol. The summed E-state index contributed by atoms with van der Waals surface area (Å²) in [7, 11) is 0. The maximum atomic E-state index is 13.2. The molecule has 1 aromatic heterocycles. The molecular weight excluding hydrogens is 289 g/mol. The Balaban J connectivity index is 2.13. The number of halogens is 2. The Bertz CT molecular complexity index is 724. The van der Waals surface area contributed by atoms with Crippen molar-refractivity contribution in [3.05, 3.63) is 46.0 Å². The molecule has 0 radical (unpaired) electrons. The summed E-state index contributed by atoms with van der Waals surface area (Å²) >= 11 is 6.34. The number of aromatic nitrogens is 2. The van der Waals surface area contributed by atoms with Crippen molar-refractivity contribution in [1.82, 2.24) is 9.78 Å². The second kappa shape index (κ2) is 5.50. The average molecular weight is 304 g/mol. The predicted octanol–water partition coefficient (Wildman–Crippen LogP) is 4.50. The maximum absolute atomic E-state index is 13.2. The molecule has 1 aromatic carbocycles. The number of rotatable bonds is 2. The van der Waals surface area contributed by atoms with Gasteiger partial charge in [0.2, 0.25) is 0 Å². The topological polar surface area (TPSA) is 41.6 Å². The van der Waals surface area contributed by atoms with E-state index in [-0.39, 0.29) is 5.82 Å². The minimum absolute atomic E-state index is 0.295. The SMILES string of the molecule is Cc1cc(F)ccc1-n1nc(C2CCCC2)c(C#N)c1Cl. The van der Waals surface area contributed by atoms with E-state index >= 15 is 0 Å². The molecule has 108 valence electrons. The van der Waals surface area contributed by atoms with Gasteiger partial charge in [0.1, 0.15) is 17.4 Å². The third kappa shape index (κ3) is 2.43. The van der Waals surface area contributed by atoms with Crippen LogP contribution in [-0.2, 0) is 0 Å². The van der Waals surface area contributed by atoms with Crippen molar-refractivity contribution >= 4 is 11.6 Å². The Kier molecular flexibility index (Phi) is 3.69. The molecule has 21 heavy (non-hydrogen) atoms. The first-order chi connectivity index (χ1) is 10.1. The molecule has 0 saturated heterocycles. The average Bonchev–Trinajstić information content (AvgIpc) is 3.07. The van der Waals surface area contributed by atoms with Crippen molar-refractivity contribution in [3.63, 3.8) is 0 Å². The highest BCUT2D eigenvalue weighted by molar-refractivity contribution is 6.31. The van der Waals surface area contributed by atoms with E-state index in [1.54, 1.807) is 17.7 Å². The Morgan fingerprint density at radius 2 is 2.10 bits per heavy atom. The normalized spacial score (nSPS) is 15.3. The lowest BCUT2D eigenvalue weighted by molar-refractivity contribution is 0.625. The van der Waals surface area contributed by atoms with Gasteiger partial charge >= 0.3 is 0 Å². The highest BCUT2D eigenvalue weighted by Gasteiger charge is 2.27. The van der Waals surface area contributed by atoms with Crippen molar-refractivity contribution in [2.75, 3.05) is 0 Å². The van der Waals surface area contributed by atoms with Crippen molar-refractivity contribution < 1.29 is 4.39 Å². The van der Waals surface area contributed by atoms with Crippen LogP contribution in [0.25, 0.3) is 5.69 Å². The van der Waals surface area contributed by atoms with Gasteiger partial charge in [0.05, 0.1) is 11.4 Å². The van der Waals surface area contributed by atoms with Gasteiger partial charge in [-0.05, 0) is 43.5 Å². The summed E-state index contributed by atoms with van der Waals surface area (Å²) in [6.45, 7) is 1.80. The molecule has 0 N–H and O–H groups in total. The van der Waals surface area contributed by atoms with Gasteiger partial charge in [-0.3, -0.25) is 0 Å². The summed E-state index contributed by atoms with van der Waals surface area (Å²) in [5.41, 5.74) is 2.68. The number of aryl methyl sites for hydroxylation is 1. The van der Waals surface area contributed by atoms with E-state index in [4.69, 9.17) is 11.6 Å². The van der Waals surface area contributed by atoms with E-state index in [1.807, 2.05) is 0 Å². The number of hydrogen-bond acceptors (Lipinski definition) is 2. The number of hydrogen-bond donors (Lipinski definition) is 0. The van der Waals surface area contributed by atoms with E-state index in [9.17, 15) is 9.65 Å². The Morgan fingerprint density at radius 1 is 1.38 bits per heavy atom. The van der Waals surface area contributed by atoms with Crippen LogP contribution in [0.1, 0.15) is 48.4 Å². The molecule has 0 atom stereocenters. The maximum Gasteiger partial charge on any atom is 0.150 e. The van der Waals surface area contributed by atoms with E-state index in [2.05, 4.69) is 11.2 Å². The van der Waals surface area contributed by atoms with Gasteiger partial charge in [-0.15, -0.1) is 0 Å². The highest BCUT2D eigenvalue weighted by Crippen LogP contribution is 2.37. The van der Waals surface area contributed by atoms with Crippen LogP contribution in [0.15, 0.2) is 18.2 Å². The zero-order valence-electron chi connectivity index (χ0n) is 11.7. The van der Waals surface area contributed by atoms with Crippen LogP contribution < -0.4 is 0 Å². The van der Waals surface area contributed by atoms with Crippen molar-refractivity contribution in [2.24, 2.45) is 0 Å². The largest absolute Gasteiger partial charge is 0.220 e. The Labute approximate surface area is 128 Å². The molecule has 2 aromatic rings. The van der Waals surface area contributed by atoms with Crippen LogP contribution in [0.2, 0.25) is 5.15 Å². The standard InChI is InChI=1S/C16H15ClFN3/c1-10-8-12(18)6-7-14(10)21-16(17)13(9-19)15(20-21)11-4-2-3-5-11/h6-8,11H,2-5H2,1H3. The zero-order chi connectivity index (χ0) is 15.0. The molecule has 0 bridgehead atoms. The highest BCUT2D eigenvalue weighted by atomic mass is 35.5. The molecule has 1 fully saturated rings. The van der Waals surface area contributed by atoms with Gasteiger partial charge in [0.15, 0.2) is 5.15 Å². The summed E-state index contributed by atoms with van der Waals surface area (Å²) in [5, 5.41) is 14.3. The van der Waals surface area contributed by atoms with Crippen LogP contribution in [-0.4, -0.2) is 9.78 Å². The van der Waals surface area contributed by atoms with Gasteiger partial charge in [-0.1, -0.05) is 24.4 Å². The fraction of sp³-hybridized carbons (Fsp3) is 0.375. The first-order valence-corrected chi connectivity index (χ1v) is 7.44. The second-order valence-electron chi connectivity index (χ2n) is 5.49. The molecule has 0 spiro atoms. The third-order valence-corrected chi connectivity index (χ3v) is 4.45. The first-order valence-electron chi connectivity index (χ1n) is 7.07. The van der Waals surface area contributed by atoms with Crippen LogP contribution >= 0.6 is 11.6 Å². The predicted molar refractivity (Wildman–Crippen MR) is 79.2 cm³/mol. The minimum atomic E-state index is -0.295. The lowest BCUT2D eigenvalue weighted by Crippen LogP contribution is -2.02. The number of benzene rings is 1. The van der Waals surface area contributed by atoms with Gasteiger partial charge in [-0.2, -0.15) is 10.4 Å². The molecule has 0 unspecified atom stereocenters. The van der Waals surface area contributed by atoms with E-state index in [0.717, 1.165) is 36.9 Å². The summed E-state index contributed by atoms with van der Waals surface area (Å²) in [6, 6.07) is 6.63. The zero-order valence-corrected chi connectivity index (χ0v) is 12.5. The van der Waals surface area contributed by atoms with Gasteiger partial charge in [-0.25, -0.2) is 9.07 Å². The smallest absolute Gasteiger partial charge is 0.150 e. The third-order valence-electron chi connectivity index (χ3n) is 4.10. The summed E-state index contributed by atoms with van der Waals surface area (Å²) in [6.07, 6.45) is 4.42. The molecule has 1 saturated carbocycles. The molecule has 1 aliphatic carbocycles. The molecule has 0 amide bonds. The molecule has 3 rings (SSSR count). The van der Waals surface area contributed by atoms with Crippen molar-refractivity contribution in [2.45, 2.75) is 38.5 Å². The van der Waals surface area contributed by atoms with Crippen molar-refractivity contribution in [1.29, 1.82) is 5.26 Å². The molecule has 3 nitrogen and oxygen atoms in total. The molecular formula is C16H15ClFN3. The van der Waals surface area contributed by atoms with Crippen LogP contribution in [0, 0.1) is 24.1 Å². The van der Waals surface area contributed by atoms with E-state index in [1.165, 1.54) is 12.1 Å². The Hall–Kier alpha value is -1.86. The van der Waals surface area contributed by atoms with E-state index in [0.29, 0.717) is 22.3 Å². The van der Waals surface area contributed by atoms with Crippen LogP contribution in [0.5, 0.6) is 0 Å². The first kappa shape index (κ1) is 14.1. The van der Waals surface area contributed by atoms with Gasteiger partial charge in [0.25, 0.3) is 0 Å². The lowest BCUT2D eigenvalue weighted by atomic mass is 10.0. The number of nitrogens with zero attached hydrogens (tertiary/aromatic N) is 3. The van der Waals surface area contributed by atoms with Crippen LogP contribution in [0.4, 0.5) is 4.39 Å². The molecule has 1 heterocycles. The van der Waals surface area contributed by atoms with Crippen molar-refractivity contribution in [3.8, 4) is 11.8 Å². The van der Waals surface area contributed by atoms with E-state index < -0.39 is 0 Å². The minimum Gasteiger partial charge on any atom is -0.220 e. The summed E-state index contributed by atoms with van der Waals surface area (Å²) in [5.74, 6) is 0.00945. The fourth-order valence-electron chi connectivity index (χ4n) is 3.02. The lowest BCUT2D eigenvalue weighted by Gasteiger charge is -2.07. The second-order valence-corrected chi connectivity index (χ2v) is 5.84. The molecule has 0 aliphatic heterocycles. The summed E-state index contributed by atoms with van der Waals surface area (Å²) in [4.78, 5) is 0. The van der Waals surface area contributed by atoms with Gasteiger partial charge < -0.3 is 0 Å². The Morgan fingerprint density at radius 3 is 2.71 bits per heavy atom.